The van der Waals surface area contributed by atoms with E-state index in [4.69, 9.17) is 4.74 Å². The first-order chi connectivity index (χ1) is 13.9. The molecule has 0 aromatic heterocycles. The van der Waals surface area contributed by atoms with Crippen LogP contribution in [0.2, 0.25) is 0 Å². The summed E-state index contributed by atoms with van der Waals surface area (Å²) in [5.74, 6) is -2.00. The first-order valence-corrected chi connectivity index (χ1v) is 12.1. The van der Waals surface area contributed by atoms with Gasteiger partial charge in [-0.15, -0.1) is 0 Å². The molecule has 0 bridgehead atoms. The molecule has 1 aliphatic rings. The Morgan fingerprint density at radius 2 is 1.87 bits per heavy atom. The van der Waals surface area contributed by atoms with Crippen LogP contribution in [0, 0.1) is 11.6 Å². The minimum Gasteiger partial charge on any atom is -0.375 e. The van der Waals surface area contributed by atoms with Gasteiger partial charge in [-0.05, 0) is 52.2 Å². The van der Waals surface area contributed by atoms with Crippen LogP contribution in [0.4, 0.5) is 14.5 Å². The number of nitrogens with zero attached hydrogens (tertiary/aromatic N) is 1. The Kier molecular flexibility index (Phi) is 8.39. The van der Waals surface area contributed by atoms with Gasteiger partial charge in [-0.25, -0.2) is 17.2 Å². The highest BCUT2D eigenvalue weighted by molar-refractivity contribution is 7.92. The van der Waals surface area contributed by atoms with Crippen molar-refractivity contribution < 1.29 is 26.7 Å². The van der Waals surface area contributed by atoms with Crippen molar-refractivity contribution in [2.24, 2.45) is 0 Å². The van der Waals surface area contributed by atoms with Crippen molar-refractivity contribution in [2.75, 3.05) is 30.3 Å². The quantitative estimate of drug-likeness (QED) is 0.536. The highest BCUT2D eigenvalue weighted by Crippen LogP contribution is 2.26. The number of halogens is 2. The van der Waals surface area contributed by atoms with Gasteiger partial charge in [0.25, 0.3) is 0 Å². The molecular weight excluding hydrogens is 412 g/mol. The largest absolute Gasteiger partial charge is 0.375 e. The number of hydrogen-bond acceptors (Lipinski definition) is 5. The molecule has 170 valence electrons. The maximum absolute atomic E-state index is 14.6. The fraction of sp³-hybridized carbons (Fsp3) is 0.682. The molecule has 1 fully saturated rings. The third-order valence-electron chi connectivity index (χ3n) is 5.41. The van der Waals surface area contributed by atoms with Crippen molar-refractivity contribution in [1.29, 1.82) is 0 Å². The summed E-state index contributed by atoms with van der Waals surface area (Å²) in [5.41, 5.74) is 0.247. The predicted octanol–water partition coefficient (Wildman–Crippen LogP) is 4.08. The Hall–Kier alpha value is -1.54. The van der Waals surface area contributed by atoms with Gasteiger partial charge >= 0.3 is 0 Å². The second-order valence-corrected chi connectivity index (χ2v) is 11.8. The summed E-state index contributed by atoms with van der Waals surface area (Å²) < 4.78 is 57.8. The summed E-state index contributed by atoms with van der Waals surface area (Å²) in [6.07, 6.45) is 1.63. The number of unbranched alkanes of at least 4 members (excludes halogenated alkanes) is 2. The smallest absolute Gasteiger partial charge is 0.182 e. The van der Waals surface area contributed by atoms with Crippen molar-refractivity contribution >= 4 is 21.3 Å². The zero-order valence-electron chi connectivity index (χ0n) is 18.3. The summed E-state index contributed by atoms with van der Waals surface area (Å²) in [6, 6.07) is 3.00. The fourth-order valence-corrected chi connectivity index (χ4v) is 4.59. The summed E-state index contributed by atoms with van der Waals surface area (Å²) in [5, 5.41) is 0. The number of carbonyl (C=O) groups is 1. The summed E-state index contributed by atoms with van der Waals surface area (Å²) in [7, 11) is -3.16. The van der Waals surface area contributed by atoms with Crippen molar-refractivity contribution in [3.63, 3.8) is 0 Å². The minimum absolute atomic E-state index is 0.0536. The van der Waals surface area contributed by atoms with Crippen molar-refractivity contribution in [1.82, 2.24) is 0 Å². The number of carbonyl (C=O) groups excluding carboxylic acids is 1. The number of Topliss-reactive ketones (excluding diaryl/α,β-unsaturated/α-hetero) is 1. The summed E-state index contributed by atoms with van der Waals surface area (Å²) in [4.78, 5) is 13.9. The molecule has 1 aliphatic heterocycles. The molecule has 1 heterocycles. The predicted molar refractivity (Wildman–Crippen MR) is 115 cm³/mol. The second-order valence-electron chi connectivity index (χ2n) is 8.96. The molecule has 1 saturated heterocycles. The highest BCUT2D eigenvalue weighted by atomic mass is 32.2. The SMILES string of the molecule is C[C@@H]1CN(c2ccc(CC(=O)CCCCCS(=O)(=O)C(C)(C)C)c(F)c2F)CCO1. The molecule has 1 atom stereocenters. The van der Waals surface area contributed by atoms with E-state index in [0.717, 1.165) is 0 Å². The summed E-state index contributed by atoms with van der Waals surface area (Å²) >= 11 is 0. The van der Waals surface area contributed by atoms with Crippen molar-refractivity contribution in [3.8, 4) is 0 Å². The molecule has 0 N–H and O–H groups in total. The van der Waals surface area contributed by atoms with Crippen LogP contribution in [0.5, 0.6) is 0 Å². The zero-order valence-corrected chi connectivity index (χ0v) is 19.2. The van der Waals surface area contributed by atoms with Crippen molar-refractivity contribution in [3.05, 3.63) is 29.3 Å². The van der Waals surface area contributed by atoms with Gasteiger partial charge in [0.2, 0.25) is 0 Å². The zero-order chi connectivity index (χ0) is 22.5. The van der Waals surface area contributed by atoms with E-state index in [-0.39, 0.29) is 41.7 Å². The maximum atomic E-state index is 14.6. The Bertz CT molecular complexity index is 849. The molecular formula is C22H33F2NO4S. The van der Waals surface area contributed by atoms with Crippen LogP contribution in [0.1, 0.15) is 58.9 Å². The standard InChI is InChI=1S/C22H33F2NO4S/c1-16-15-25(11-12-29-16)19-10-9-17(20(23)21(19)24)14-18(26)8-6-5-7-13-30(27,28)22(2,3)4/h9-10,16H,5-8,11-15H2,1-4H3/t16-/m1/s1. The normalized spacial score (nSPS) is 17.9. The van der Waals surface area contributed by atoms with Crippen LogP contribution in [-0.2, 0) is 25.8 Å². The first-order valence-electron chi connectivity index (χ1n) is 10.5. The number of morpholine rings is 1. The van der Waals surface area contributed by atoms with Gasteiger partial charge in [0.15, 0.2) is 21.5 Å². The molecule has 0 radical (unpaired) electrons. The molecule has 2 rings (SSSR count). The van der Waals surface area contributed by atoms with Gasteiger partial charge in [-0.3, -0.25) is 4.79 Å². The third kappa shape index (κ3) is 6.48. The topological polar surface area (TPSA) is 63.7 Å². The molecule has 0 unspecified atom stereocenters. The van der Waals surface area contributed by atoms with Crippen molar-refractivity contribution in [2.45, 2.75) is 70.7 Å². The van der Waals surface area contributed by atoms with Gasteiger partial charge < -0.3 is 9.64 Å². The maximum Gasteiger partial charge on any atom is 0.182 e. The van der Waals surface area contributed by atoms with Crippen LogP contribution in [-0.4, -0.2) is 50.5 Å². The van der Waals surface area contributed by atoms with Crippen LogP contribution >= 0.6 is 0 Å². The Morgan fingerprint density at radius 3 is 2.50 bits per heavy atom. The average Bonchev–Trinajstić information content (AvgIpc) is 2.64. The number of ether oxygens (including phenoxy) is 1. The van der Waals surface area contributed by atoms with E-state index in [1.54, 1.807) is 25.7 Å². The molecule has 30 heavy (non-hydrogen) atoms. The number of anilines is 1. The van der Waals surface area contributed by atoms with E-state index >= 15 is 0 Å². The lowest BCUT2D eigenvalue weighted by Gasteiger charge is -2.33. The molecule has 1 aromatic rings. The van der Waals surface area contributed by atoms with Crippen LogP contribution in [0.15, 0.2) is 12.1 Å². The molecule has 1 aromatic carbocycles. The van der Waals surface area contributed by atoms with Crippen LogP contribution in [0.25, 0.3) is 0 Å². The lowest BCUT2D eigenvalue weighted by Crippen LogP contribution is -2.41. The number of sulfone groups is 1. The lowest BCUT2D eigenvalue weighted by molar-refractivity contribution is -0.118. The van der Waals surface area contributed by atoms with Gasteiger partial charge in [0.1, 0.15) is 5.78 Å². The number of rotatable bonds is 9. The van der Waals surface area contributed by atoms with Gasteiger partial charge in [0.05, 0.1) is 28.9 Å². The Labute approximate surface area is 178 Å². The molecule has 8 heteroatoms. The molecule has 0 aliphatic carbocycles. The van der Waals surface area contributed by atoms with Crippen LogP contribution in [0.3, 0.4) is 0 Å². The minimum atomic E-state index is -3.16. The molecule has 0 saturated carbocycles. The van der Waals surface area contributed by atoms with E-state index in [1.807, 2.05) is 6.92 Å². The lowest BCUT2D eigenvalue weighted by atomic mass is 10.0. The van der Waals surface area contributed by atoms with E-state index in [0.29, 0.717) is 39.0 Å². The highest BCUT2D eigenvalue weighted by Gasteiger charge is 2.28. The monoisotopic (exact) mass is 445 g/mol. The number of hydrogen-bond donors (Lipinski definition) is 0. The Morgan fingerprint density at radius 1 is 1.17 bits per heavy atom. The van der Waals surface area contributed by atoms with E-state index in [9.17, 15) is 22.0 Å². The number of benzene rings is 1. The van der Waals surface area contributed by atoms with E-state index in [2.05, 4.69) is 0 Å². The Balaban J connectivity index is 1.85. The average molecular weight is 446 g/mol. The first kappa shape index (κ1) is 24.7. The molecule has 0 spiro atoms. The second kappa shape index (κ2) is 10.2. The van der Waals surface area contributed by atoms with E-state index < -0.39 is 26.2 Å². The van der Waals surface area contributed by atoms with Crippen LogP contribution < -0.4 is 4.90 Å². The van der Waals surface area contributed by atoms with E-state index in [1.165, 1.54) is 12.1 Å². The number of ketones is 1. The molecule has 0 amide bonds. The van der Waals surface area contributed by atoms with Gasteiger partial charge in [-0.2, -0.15) is 0 Å². The van der Waals surface area contributed by atoms with Gasteiger partial charge in [0, 0.05) is 25.9 Å². The fourth-order valence-electron chi connectivity index (χ4n) is 3.40. The van der Waals surface area contributed by atoms with Gasteiger partial charge in [-0.1, -0.05) is 12.5 Å². The summed E-state index contributed by atoms with van der Waals surface area (Å²) in [6.45, 7) is 8.33. The molecule has 5 nitrogen and oxygen atoms in total. The third-order valence-corrected chi connectivity index (χ3v) is 8.11.